The standard InChI is InChI=1S/C24H30N4O4S/c1-14(29)19-8-7-17(9-20(19)32-13-15-3-4-15)18-10-21(30)28(11-18)12-22(31)27(2)24-26-25-23(33-24)16-5-6-16/h7-9,14-16,18,29H,3-6,10-13H2,1-2H3. The monoisotopic (exact) mass is 470 g/mol. The van der Waals surface area contributed by atoms with Crippen LogP contribution in [0.5, 0.6) is 5.75 Å². The molecule has 8 nitrogen and oxygen atoms in total. The molecule has 176 valence electrons. The van der Waals surface area contributed by atoms with Gasteiger partial charge in [-0.2, -0.15) is 0 Å². The normalized spacial score (nSPS) is 21.4. The van der Waals surface area contributed by atoms with Gasteiger partial charge in [0.25, 0.3) is 0 Å². The predicted octanol–water partition coefficient (Wildman–Crippen LogP) is 3.24. The van der Waals surface area contributed by atoms with Crippen molar-refractivity contribution in [3.05, 3.63) is 34.3 Å². The molecule has 5 rings (SSSR count). The van der Waals surface area contributed by atoms with Crippen molar-refractivity contribution in [1.29, 1.82) is 0 Å². The molecule has 1 N–H and O–H groups in total. The zero-order valence-electron chi connectivity index (χ0n) is 19.1. The molecule has 1 aliphatic heterocycles. The van der Waals surface area contributed by atoms with Crippen LogP contribution in [0.1, 0.15) is 73.1 Å². The SMILES string of the molecule is CC(O)c1ccc(C2CC(=O)N(CC(=O)N(C)c3nnc(C4CC4)s3)C2)cc1OCC1CC1. The third-order valence-electron chi connectivity index (χ3n) is 6.69. The largest absolute Gasteiger partial charge is 0.493 e. The number of amides is 2. The van der Waals surface area contributed by atoms with Crippen molar-refractivity contribution in [3.8, 4) is 5.75 Å². The van der Waals surface area contributed by atoms with Crippen LogP contribution in [0.4, 0.5) is 5.13 Å². The van der Waals surface area contributed by atoms with E-state index in [1.165, 1.54) is 29.1 Å². The Bertz CT molecular complexity index is 1050. The van der Waals surface area contributed by atoms with E-state index in [0.29, 0.717) is 42.3 Å². The fourth-order valence-electron chi connectivity index (χ4n) is 4.15. The lowest BCUT2D eigenvalue weighted by molar-refractivity contribution is -0.132. The molecule has 2 saturated carbocycles. The summed E-state index contributed by atoms with van der Waals surface area (Å²) < 4.78 is 6.01. The van der Waals surface area contributed by atoms with Crippen molar-refractivity contribution in [3.63, 3.8) is 0 Å². The summed E-state index contributed by atoms with van der Waals surface area (Å²) in [6, 6.07) is 5.81. The lowest BCUT2D eigenvalue weighted by Crippen LogP contribution is -2.39. The Labute approximate surface area is 197 Å². The molecule has 2 atom stereocenters. The summed E-state index contributed by atoms with van der Waals surface area (Å²) in [6.45, 7) is 2.90. The number of hydrogen-bond acceptors (Lipinski definition) is 7. The molecule has 0 bridgehead atoms. The van der Waals surface area contributed by atoms with Crippen LogP contribution in [0.3, 0.4) is 0 Å². The second kappa shape index (κ2) is 9.02. The minimum absolute atomic E-state index is 0.00933. The van der Waals surface area contributed by atoms with Crippen molar-refractivity contribution < 1.29 is 19.4 Å². The molecule has 2 unspecified atom stereocenters. The number of carbonyl (C=O) groups is 2. The highest BCUT2D eigenvalue weighted by Gasteiger charge is 2.34. The third kappa shape index (κ3) is 5.04. The van der Waals surface area contributed by atoms with E-state index in [9.17, 15) is 14.7 Å². The number of hydrogen-bond donors (Lipinski definition) is 1. The van der Waals surface area contributed by atoms with Crippen LogP contribution in [-0.2, 0) is 9.59 Å². The zero-order chi connectivity index (χ0) is 23.1. The van der Waals surface area contributed by atoms with Crippen LogP contribution < -0.4 is 9.64 Å². The Kier molecular flexibility index (Phi) is 6.09. The van der Waals surface area contributed by atoms with E-state index in [4.69, 9.17) is 4.74 Å². The van der Waals surface area contributed by atoms with Gasteiger partial charge in [-0.3, -0.25) is 14.5 Å². The molecule has 3 fully saturated rings. The second-order valence-corrected chi connectivity index (χ2v) is 10.5. The van der Waals surface area contributed by atoms with E-state index in [0.717, 1.165) is 29.0 Å². The van der Waals surface area contributed by atoms with E-state index >= 15 is 0 Å². The first kappa shape index (κ1) is 22.3. The van der Waals surface area contributed by atoms with E-state index in [1.807, 2.05) is 18.2 Å². The number of ether oxygens (including phenoxy) is 1. The predicted molar refractivity (Wildman–Crippen MR) is 125 cm³/mol. The van der Waals surface area contributed by atoms with Gasteiger partial charge >= 0.3 is 0 Å². The Balaban J connectivity index is 1.23. The highest BCUT2D eigenvalue weighted by Crippen LogP contribution is 2.42. The maximum atomic E-state index is 12.8. The first-order chi connectivity index (χ1) is 15.9. The lowest BCUT2D eigenvalue weighted by Gasteiger charge is -2.20. The number of likely N-dealkylation sites (tertiary alicyclic amines) is 1. The van der Waals surface area contributed by atoms with E-state index in [-0.39, 0.29) is 24.3 Å². The average Bonchev–Trinajstić information content (AvgIpc) is 3.73. The molecule has 1 aromatic heterocycles. The number of aliphatic hydroxyl groups is 1. The highest BCUT2D eigenvalue weighted by molar-refractivity contribution is 7.15. The number of carbonyl (C=O) groups excluding carboxylic acids is 2. The van der Waals surface area contributed by atoms with Crippen LogP contribution >= 0.6 is 11.3 Å². The zero-order valence-corrected chi connectivity index (χ0v) is 19.9. The quantitative estimate of drug-likeness (QED) is 0.605. The minimum Gasteiger partial charge on any atom is -0.493 e. The van der Waals surface area contributed by atoms with E-state index in [2.05, 4.69) is 10.2 Å². The molecule has 9 heteroatoms. The van der Waals surface area contributed by atoms with Crippen molar-refractivity contribution >= 4 is 28.3 Å². The van der Waals surface area contributed by atoms with Crippen LogP contribution in [0.2, 0.25) is 0 Å². The Morgan fingerprint density at radius 3 is 2.76 bits per heavy atom. The Hall–Kier alpha value is -2.52. The van der Waals surface area contributed by atoms with E-state index < -0.39 is 6.10 Å². The number of likely N-dealkylation sites (N-methyl/N-ethyl adjacent to an activating group) is 1. The lowest BCUT2D eigenvalue weighted by atomic mass is 9.95. The molecule has 2 aliphatic carbocycles. The minimum atomic E-state index is -0.621. The molecule has 0 radical (unpaired) electrons. The van der Waals surface area contributed by atoms with E-state index in [1.54, 1.807) is 18.9 Å². The van der Waals surface area contributed by atoms with Crippen molar-refractivity contribution in [2.75, 3.05) is 31.6 Å². The number of aliphatic hydroxyl groups excluding tert-OH is 1. The molecule has 33 heavy (non-hydrogen) atoms. The van der Waals surface area contributed by atoms with Gasteiger partial charge in [0.2, 0.25) is 16.9 Å². The number of anilines is 1. The summed E-state index contributed by atoms with van der Waals surface area (Å²) in [7, 11) is 1.69. The van der Waals surface area contributed by atoms with Gasteiger partial charge in [0, 0.05) is 37.4 Å². The molecule has 2 heterocycles. The van der Waals surface area contributed by atoms with Crippen molar-refractivity contribution in [1.82, 2.24) is 15.1 Å². The van der Waals surface area contributed by atoms with Gasteiger partial charge in [-0.1, -0.05) is 23.5 Å². The topological polar surface area (TPSA) is 95.9 Å². The molecular weight excluding hydrogens is 440 g/mol. The van der Waals surface area contributed by atoms with Gasteiger partial charge in [0.1, 0.15) is 17.3 Å². The molecule has 2 amide bonds. The van der Waals surface area contributed by atoms with Crippen molar-refractivity contribution in [2.24, 2.45) is 5.92 Å². The van der Waals surface area contributed by atoms with Gasteiger partial charge in [0.15, 0.2) is 0 Å². The van der Waals surface area contributed by atoms with Gasteiger partial charge in [-0.25, -0.2) is 0 Å². The summed E-state index contributed by atoms with van der Waals surface area (Å²) in [5.41, 5.74) is 1.76. The fourth-order valence-corrected chi connectivity index (χ4v) is 5.14. The van der Waals surface area contributed by atoms with Gasteiger partial charge in [-0.15, -0.1) is 10.2 Å². The smallest absolute Gasteiger partial charge is 0.248 e. The maximum Gasteiger partial charge on any atom is 0.248 e. The molecule has 1 aromatic carbocycles. The summed E-state index contributed by atoms with van der Waals surface area (Å²) >= 11 is 1.46. The Morgan fingerprint density at radius 1 is 1.27 bits per heavy atom. The summed E-state index contributed by atoms with van der Waals surface area (Å²) in [4.78, 5) is 28.7. The van der Waals surface area contributed by atoms with Gasteiger partial charge in [-0.05, 0) is 50.2 Å². The first-order valence-corrected chi connectivity index (χ1v) is 12.5. The molecule has 3 aliphatic rings. The molecule has 2 aromatic rings. The summed E-state index contributed by atoms with van der Waals surface area (Å²) in [5.74, 6) is 1.59. The highest BCUT2D eigenvalue weighted by atomic mass is 32.1. The molecule has 1 saturated heterocycles. The van der Waals surface area contributed by atoms with Crippen LogP contribution in [0.25, 0.3) is 0 Å². The van der Waals surface area contributed by atoms with Gasteiger partial charge in [0.05, 0.1) is 12.7 Å². The first-order valence-electron chi connectivity index (χ1n) is 11.7. The van der Waals surface area contributed by atoms with Crippen LogP contribution in [-0.4, -0.2) is 58.8 Å². The number of rotatable bonds is 9. The maximum absolute atomic E-state index is 12.8. The van der Waals surface area contributed by atoms with Crippen LogP contribution in [0, 0.1) is 5.92 Å². The third-order valence-corrected chi connectivity index (χ3v) is 7.85. The number of nitrogens with zero attached hydrogens (tertiary/aromatic N) is 4. The number of benzene rings is 1. The molecular formula is C24H30N4O4S. The average molecular weight is 471 g/mol. The van der Waals surface area contributed by atoms with Gasteiger partial charge < -0.3 is 14.7 Å². The summed E-state index contributed by atoms with van der Waals surface area (Å²) in [6.07, 6.45) is 4.40. The fraction of sp³-hybridized carbons (Fsp3) is 0.583. The van der Waals surface area contributed by atoms with Crippen LogP contribution in [0.15, 0.2) is 18.2 Å². The summed E-state index contributed by atoms with van der Waals surface area (Å²) in [5, 5.41) is 20.0. The second-order valence-electron chi connectivity index (χ2n) is 9.55. The number of aromatic nitrogens is 2. The molecule has 0 spiro atoms. The van der Waals surface area contributed by atoms with Crippen molar-refractivity contribution in [2.45, 2.75) is 57.0 Å². The Morgan fingerprint density at radius 2 is 2.06 bits per heavy atom.